The second-order valence-electron chi connectivity index (χ2n) is 7.81. The normalized spacial score (nSPS) is 14.6. The van der Waals surface area contributed by atoms with Crippen molar-refractivity contribution in [2.45, 2.75) is 43.9 Å². The first-order valence-corrected chi connectivity index (χ1v) is 12.0. The lowest BCUT2D eigenvalue weighted by Crippen LogP contribution is -2.30. The standard InChI is InChI=1S/C24H29FN4OS/c25-21-10-12-22(13-11-21)30-16-7-17-31-24-27-26-23(19-28-14-5-2-6-15-28)29(24)18-20-8-3-1-4-9-20/h1,3-4,8-13H,2,5-7,14-19H2. The number of thioether (sulfide) groups is 1. The van der Waals surface area contributed by atoms with Gasteiger partial charge in [-0.2, -0.15) is 0 Å². The van der Waals surface area contributed by atoms with Crippen LogP contribution in [0.5, 0.6) is 5.75 Å². The Kier molecular flexibility index (Phi) is 7.96. The fourth-order valence-corrected chi connectivity index (χ4v) is 4.60. The molecule has 0 saturated carbocycles. The van der Waals surface area contributed by atoms with Crippen molar-refractivity contribution in [2.75, 3.05) is 25.4 Å². The summed E-state index contributed by atoms with van der Waals surface area (Å²) in [7, 11) is 0. The molecule has 1 saturated heterocycles. The molecule has 0 radical (unpaired) electrons. The zero-order chi connectivity index (χ0) is 21.3. The molecular weight excluding hydrogens is 411 g/mol. The Morgan fingerprint density at radius 2 is 1.68 bits per heavy atom. The maximum absolute atomic E-state index is 13.0. The molecule has 2 heterocycles. The molecule has 7 heteroatoms. The van der Waals surface area contributed by atoms with Gasteiger partial charge in [-0.1, -0.05) is 48.5 Å². The minimum Gasteiger partial charge on any atom is -0.494 e. The topological polar surface area (TPSA) is 43.2 Å². The van der Waals surface area contributed by atoms with E-state index in [1.165, 1.54) is 37.0 Å². The van der Waals surface area contributed by atoms with Crippen LogP contribution >= 0.6 is 11.8 Å². The molecule has 0 spiro atoms. The Labute approximate surface area is 187 Å². The third-order valence-electron chi connectivity index (χ3n) is 5.39. The van der Waals surface area contributed by atoms with E-state index in [4.69, 9.17) is 4.74 Å². The lowest BCUT2D eigenvalue weighted by atomic mass is 10.1. The summed E-state index contributed by atoms with van der Waals surface area (Å²) in [5.74, 6) is 2.37. The summed E-state index contributed by atoms with van der Waals surface area (Å²) >= 11 is 1.72. The number of benzene rings is 2. The molecule has 4 rings (SSSR count). The fraction of sp³-hybridized carbons (Fsp3) is 0.417. The average molecular weight is 441 g/mol. The molecule has 0 bridgehead atoms. The van der Waals surface area contributed by atoms with E-state index >= 15 is 0 Å². The Morgan fingerprint density at radius 3 is 2.45 bits per heavy atom. The molecular formula is C24H29FN4OS. The smallest absolute Gasteiger partial charge is 0.191 e. The number of likely N-dealkylation sites (tertiary alicyclic amines) is 1. The van der Waals surface area contributed by atoms with Gasteiger partial charge in [0.05, 0.1) is 19.7 Å². The van der Waals surface area contributed by atoms with Crippen LogP contribution in [0, 0.1) is 5.82 Å². The van der Waals surface area contributed by atoms with Gasteiger partial charge in [-0.3, -0.25) is 4.90 Å². The van der Waals surface area contributed by atoms with Crippen molar-refractivity contribution in [3.63, 3.8) is 0 Å². The van der Waals surface area contributed by atoms with Crippen LogP contribution in [0.4, 0.5) is 4.39 Å². The van der Waals surface area contributed by atoms with E-state index in [9.17, 15) is 4.39 Å². The molecule has 0 unspecified atom stereocenters. The molecule has 31 heavy (non-hydrogen) atoms. The van der Waals surface area contributed by atoms with Crippen LogP contribution in [-0.4, -0.2) is 45.1 Å². The van der Waals surface area contributed by atoms with Gasteiger partial charge < -0.3 is 9.30 Å². The summed E-state index contributed by atoms with van der Waals surface area (Å²) < 4.78 is 20.9. The van der Waals surface area contributed by atoms with E-state index in [-0.39, 0.29) is 5.82 Å². The number of nitrogens with zero attached hydrogens (tertiary/aromatic N) is 4. The summed E-state index contributed by atoms with van der Waals surface area (Å²) in [5.41, 5.74) is 1.25. The summed E-state index contributed by atoms with van der Waals surface area (Å²) in [6.45, 7) is 4.51. The van der Waals surface area contributed by atoms with E-state index in [0.29, 0.717) is 12.4 Å². The van der Waals surface area contributed by atoms with Crippen LogP contribution in [0.2, 0.25) is 0 Å². The quantitative estimate of drug-likeness (QED) is 0.327. The van der Waals surface area contributed by atoms with Gasteiger partial charge in [-0.15, -0.1) is 10.2 Å². The van der Waals surface area contributed by atoms with E-state index in [0.717, 1.165) is 49.3 Å². The zero-order valence-corrected chi connectivity index (χ0v) is 18.6. The summed E-state index contributed by atoms with van der Waals surface area (Å²) in [6, 6.07) is 16.6. The molecule has 0 amide bonds. The van der Waals surface area contributed by atoms with Crippen molar-refractivity contribution in [2.24, 2.45) is 0 Å². The summed E-state index contributed by atoms with van der Waals surface area (Å²) in [6.07, 6.45) is 4.74. The van der Waals surface area contributed by atoms with Gasteiger partial charge in [0.15, 0.2) is 5.16 Å². The van der Waals surface area contributed by atoms with Gasteiger partial charge in [0.2, 0.25) is 0 Å². The first-order valence-electron chi connectivity index (χ1n) is 11.0. The van der Waals surface area contributed by atoms with Crippen LogP contribution in [0.15, 0.2) is 59.8 Å². The Bertz CT molecular complexity index is 927. The highest BCUT2D eigenvalue weighted by molar-refractivity contribution is 7.99. The second-order valence-corrected chi connectivity index (χ2v) is 8.87. The second kappa shape index (κ2) is 11.3. The molecule has 3 aromatic rings. The molecule has 1 aromatic heterocycles. The van der Waals surface area contributed by atoms with E-state index in [1.54, 1.807) is 23.9 Å². The van der Waals surface area contributed by atoms with Gasteiger partial charge in [-0.25, -0.2) is 4.39 Å². The number of halogens is 1. The third-order valence-corrected chi connectivity index (χ3v) is 6.45. The summed E-state index contributed by atoms with van der Waals surface area (Å²) in [5, 5.41) is 10.0. The van der Waals surface area contributed by atoms with Gasteiger partial charge in [0.25, 0.3) is 0 Å². The van der Waals surface area contributed by atoms with Crippen LogP contribution < -0.4 is 4.74 Å². The van der Waals surface area contributed by atoms with Crippen molar-refractivity contribution in [1.82, 2.24) is 19.7 Å². The first-order chi connectivity index (χ1) is 15.3. The molecule has 0 atom stereocenters. The molecule has 0 N–H and O–H groups in total. The van der Waals surface area contributed by atoms with Gasteiger partial charge >= 0.3 is 0 Å². The number of aromatic nitrogens is 3. The van der Waals surface area contributed by atoms with Crippen molar-refractivity contribution in [1.29, 1.82) is 0 Å². The number of rotatable bonds is 10. The minimum atomic E-state index is -0.249. The van der Waals surface area contributed by atoms with E-state index in [2.05, 4.69) is 43.9 Å². The van der Waals surface area contributed by atoms with Gasteiger partial charge in [-0.05, 0) is 62.2 Å². The fourth-order valence-electron chi connectivity index (χ4n) is 3.73. The lowest BCUT2D eigenvalue weighted by Gasteiger charge is -2.26. The first kappa shape index (κ1) is 21.8. The Balaban J connectivity index is 1.35. The van der Waals surface area contributed by atoms with E-state index < -0.39 is 0 Å². The number of piperidine rings is 1. The average Bonchev–Trinajstić information content (AvgIpc) is 3.17. The van der Waals surface area contributed by atoms with Crippen LogP contribution in [0.25, 0.3) is 0 Å². The number of ether oxygens (including phenoxy) is 1. The maximum Gasteiger partial charge on any atom is 0.191 e. The van der Waals surface area contributed by atoms with Crippen LogP contribution in [0.3, 0.4) is 0 Å². The van der Waals surface area contributed by atoms with Gasteiger partial charge in [0.1, 0.15) is 17.4 Å². The lowest BCUT2D eigenvalue weighted by molar-refractivity contribution is 0.213. The zero-order valence-electron chi connectivity index (χ0n) is 17.8. The Morgan fingerprint density at radius 1 is 0.903 bits per heavy atom. The van der Waals surface area contributed by atoms with Crippen LogP contribution in [0.1, 0.15) is 37.1 Å². The number of hydrogen-bond acceptors (Lipinski definition) is 5. The molecule has 1 fully saturated rings. The van der Waals surface area contributed by atoms with Gasteiger partial charge in [0, 0.05) is 5.75 Å². The van der Waals surface area contributed by atoms with Crippen molar-refractivity contribution in [3.8, 4) is 5.75 Å². The van der Waals surface area contributed by atoms with E-state index in [1.807, 2.05) is 6.07 Å². The molecule has 5 nitrogen and oxygen atoms in total. The van der Waals surface area contributed by atoms with Crippen LogP contribution in [-0.2, 0) is 13.1 Å². The molecule has 164 valence electrons. The van der Waals surface area contributed by atoms with Crippen molar-refractivity contribution < 1.29 is 9.13 Å². The minimum absolute atomic E-state index is 0.249. The third kappa shape index (κ3) is 6.55. The summed E-state index contributed by atoms with van der Waals surface area (Å²) in [4.78, 5) is 2.49. The monoisotopic (exact) mass is 440 g/mol. The molecule has 1 aliphatic rings. The maximum atomic E-state index is 13.0. The predicted molar refractivity (Wildman–Crippen MR) is 122 cm³/mol. The Hall–Kier alpha value is -2.38. The van der Waals surface area contributed by atoms with Crippen molar-refractivity contribution >= 4 is 11.8 Å². The predicted octanol–water partition coefficient (Wildman–Crippen LogP) is 5.01. The molecule has 0 aliphatic carbocycles. The largest absolute Gasteiger partial charge is 0.494 e. The molecule has 1 aliphatic heterocycles. The SMILES string of the molecule is Fc1ccc(OCCCSc2nnc(CN3CCCCC3)n2Cc2ccccc2)cc1. The highest BCUT2D eigenvalue weighted by Crippen LogP contribution is 2.22. The number of hydrogen-bond donors (Lipinski definition) is 0. The highest BCUT2D eigenvalue weighted by Gasteiger charge is 2.17. The van der Waals surface area contributed by atoms with Crippen molar-refractivity contribution in [3.05, 3.63) is 71.8 Å². The molecule has 2 aromatic carbocycles. The highest BCUT2D eigenvalue weighted by atomic mass is 32.2.